The Morgan fingerprint density at radius 3 is 1.24 bits per heavy atom. The van der Waals surface area contributed by atoms with Crippen LogP contribution >= 0.6 is 0 Å². The predicted molar refractivity (Wildman–Crippen MR) is 286 cm³/mol. The third kappa shape index (κ3) is 38.1. The monoisotopic (exact) mass is 962 g/mol. The molecule has 9 heteroatoms. The molecule has 9 nitrogen and oxygen atoms in total. The number of unbranched alkanes of at least 4 members (excludes halogenated alkanes) is 36. The molecule has 6 N–H and O–H groups in total. The second-order valence-corrected chi connectivity index (χ2v) is 20.4. The van der Waals surface area contributed by atoms with Crippen molar-refractivity contribution in [1.29, 1.82) is 0 Å². The summed E-state index contributed by atoms with van der Waals surface area (Å²) in [4.78, 5) is 13.0. The molecule has 1 rings (SSSR count). The van der Waals surface area contributed by atoms with Gasteiger partial charge in [-0.05, 0) is 44.9 Å². The molecule has 1 aliphatic heterocycles. The predicted octanol–water partition coefficient (Wildman–Crippen LogP) is 14.4. The molecule has 0 bridgehead atoms. The van der Waals surface area contributed by atoms with Crippen molar-refractivity contribution >= 4 is 5.91 Å². The normalized spacial score (nSPS) is 19.8. The van der Waals surface area contributed by atoms with Gasteiger partial charge in [-0.2, -0.15) is 0 Å². The number of nitrogens with one attached hydrogen (secondary N) is 1. The highest BCUT2D eigenvalue weighted by molar-refractivity contribution is 5.76. The van der Waals surface area contributed by atoms with Crippen LogP contribution in [0.15, 0.2) is 36.5 Å². The average molecular weight is 963 g/mol. The summed E-state index contributed by atoms with van der Waals surface area (Å²) < 4.78 is 11.2. The summed E-state index contributed by atoms with van der Waals surface area (Å²) in [6.07, 6.45) is 56.6. The first kappa shape index (κ1) is 64.4. The van der Waals surface area contributed by atoms with Crippen molar-refractivity contribution in [3.63, 3.8) is 0 Å². The third-order valence-electron chi connectivity index (χ3n) is 13.9. The molecule has 0 radical (unpaired) electrons. The Labute approximate surface area is 419 Å². The Morgan fingerprint density at radius 2 is 0.838 bits per heavy atom. The summed E-state index contributed by atoms with van der Waals surface area (Å²) in [6.45, 7) is 3.76. The lowest BCUT2D eigenvalue weighted by molar-refractivity contribution is -0.302. The van der Waals surface area contributed by atoms with Gasteiger partial charge in [-0.3, -0.25) is 4.79 Å². The van der Waals surface area contributed by atoms with Crippen LogP contribution in [0, 0.1) is 0 Å². The Morgan fingerprint density at radius 1 is 0.485 bits per heavy atom. The number of aliphatic hydroxyl groups is 5. The van der Waals surface area contributed by atoms with E-state index >= 15 is 0 Å². The number of allylic oxidation sites excluding steroid dienone is 5. The number of amides is 1. The molecule has 68 heavy (non-hydrogen) atoms. The van der Waals surface area contributed by atoms with Crippen LogP contribution in [0.3, 0.4) is 0 Å². The molecular formula is C59H111NO8. The van der Waals surface area contributed by atoms with E-state index in [1.54, 1.807) is 6.08 Å². The zero-order valence-corrected chi connectivity index (χ0v) is 44.4. The number of carbonyl (C=O) groups excluding carboxylic acids is 1. The fraction of sp³-hybridized carbons (Fsp3) is 0.881. The van der Waals surface area contributed by atoms with Gasteiger partial charge in [0, 0.05) is 6.42 Å². The first-order valence-corrected chi connectivity index (χ1v) is 29.2. The van der Waals surface area contributed by atoms with Gasteiger partial charge in [-0.25, -0.2) is 0 Å². The molecule has 1 heterocycles. The molecule has 0 aliphatic carbocycles. The standard InChI is InChI=1S/C59H111NO8/c1-3-5-7-9-11-13-15-17-19-20-21-22-23-24-25-26-27-28-29-30-31-32-33-34-35-37-39-41-43-45-47-49-55(63)60-52(51-67-59-58(66)57(65)56(64)54(50-61)68-59)53(62)48-46-44-42-40-38-36-18-16-14-12-10-8-6-4-2/h14,16,38,40,46,48,52-54,56-59,61-62,64-66H,3-13,15,17-37,39,41-45,47,49-51H2,1-2H3,(H,60,63)/b16-14+,40-38+,48-46+. The summed E-state index contributed by atoms with van der Waals surface area (Å²) in [7, 11) is 0. The van der Waals surface area contributed by atoms with E-state index in [1.165, 1.54) is 205 Å². The average Bonchev–Trinajstić information content (AvgIpc) is 3.34. The molecule has 400 valence electrons. The van der Waals surface area contributed by atoms with E-state index in [-0.39, 0.29) is 12.5 Å². The number of hydrogen-bond donors (Lipinski definition) is 6. The lowest BCUT2D eigenvalue weighted by atomic mass is 9.99. The van der Waals surface area contributed by atoms with Crippen LogP contribution in [0.4, 0.5) is 0 Å². The van der Waals surface area contributed by atoms with E-state index in [4.69, 9.17) is 9.47 Å². The minimum absolute atomic E-state index is 0.187. The molecule has 1 amide bonds. The molecule has 0 aromatic rings. The van der Waals surface area contributed by atoms with Crippen LogP contribution in [0.5, 0.6) is 0 Å². The minimum atomic E-state index is -1.57. The Hall–Kier alpha value is -1.59. The summed E-state index contributed by atoms with van der Waals surface area (Å²) >= 11 is 0. The maximum Gasteiger partial charge on any atom is 0.220 e. The van der Waals surface area contributed by atoms with Crippen molar-refractivity contribution in [1.82, 2.24) is 5.32 Å². The highest BCUT2D eigenvalue weighted by atomic mass is 16.7. The van der Waals surface area contributed by atoms with Gasteiger partial charge in [0.15, 0.2) is 6.29 Å². The Kier molecular flexibility index (Phi) is 46.4. The highest BCUT2D eigenvalue weighted by Crippen LogP contribution is 2.23. The van der Waals surface area contributed by atoms with Gasteiger partial charge < -0.3 is 40.3 Å². The molecular weight excluding hydrogens is 851 g/mol. The first-order chi connectivity index (χ1) is 33.3. The highest BCUT2D eigenvalue weighted by Gasteiger charge is 2.44. The SMILES string of the molecule is CCCCCC/C=C/CC/C=C/CC/C=C/C(O)C(COC1OC(CO)C(O)C(O)C1O)NC(=O)CCCCCCCCCCCCCCCCCCCCCCCCCCCCCCCCC. The van der Waals surface area contributed by atoms with E-state index in [2.05, 4.69) is 43.5 Å². The molecule has 0 spiro atoms. The summed E-state index contributed by atoms with van der Waals surface area (Å²) in [5.41, 5.74) is 0. The number of carbonyl (C=O) groups is 1. The van der Waals surface area contributed by atoms with Gasteiger partial charge in [0.05, 0.1) is 25.4 Å². The van der Waals surface area contributed by atoms with E-state index < -0.39 is 49.5 Å². The molecule has 1 saturated heterocycles. The molecule has 0 aromatic carbocycles. The third-order valence-corrected chi connectivity index (χ3v) is 13.9. The smallest absolute Gasteiger partial charge is 0.220 e. The molecule has 7 atom stereocenters. The minimum Gasteiger partial charge on any atom is -0.394 e. The van der Waals surface area contributed by atoms with Crippen molar-refractivity contribution in [3.05, 3.63) is 36.5 Å². The van der Waals surface area contributed by atoms with E-state index in [9.17, 15) is 30.3 Å². The second-order valence-electron chi connectivity index (χ2n) is 20.4. The van der Waals surface area contributed by atoms with Crippen LogP contribution in [-0.4, -0.2) is 87.5 Å². The van der Waals surface area contributed by atoms with Crippen LogP contribution in [0.25, 0.3) is 0 Å². The summed E-state index contributed by atoms with van der Waals surface area (Å²) in [6, 6.07) is -0.825. The van der Waals surface area contributed by atoms with Crippen LogP contribution in [0.2, 0.25) is 0 Å². The van der Waals surface area contributed by atoms with Gasteiger partial charge in [-0.1, -0.05) is 262 Å². The largest absolute Gasteiger partial charge is 0.394 e. The fourth-order valence-electron chi connectivity index (χ4n) is 9.31. The number of hydrogen-bond acceptors (Lipinski definition) is 8. The molecule has 0 saturated carbocycles. The molecule has 7 unspecified atom stereocenters. The van der Waals surface area contributed by atoms with E-state index in [1.807, 2.05) is 6.08 Å². The Bertz CT molecular complexity index is 1160. The lowest BCUT2D eigenvalue weighted by Gasteiger charge is -2.40. The van der Waals surface area contributed by atoms with Gasteiger partial charge >= 0.3 is 0 Å². The maximum absolute atomic E-state index is 13.0. The maximum atomic E-state index is 13.0. The van der Waals surface area contributed by atoms with Gasteiger partial charge in [0.25, 0.3) is 0 Å². The second kappa shape index (κ2) is 49.0. The van der Waals surface area contributed by atoms with Gasteiger partial charge in [0.2, 0.25) is 5.91 Å². The quantitative estimate of drug-likeness (QED) is 0.0261. The fourth-order valence-corrected chi connectivity index (χ4v) is 9.31. The first-order valence-electron chi connectivity index (χ1n) is 29.2. The van der Waals surface area contributed by atoms with Gasteiger partial charge in [-0.15, -0.1) is 0 Å². The van der Waals surface area contributed by atoms with Crippen molar-refractivity contribution in [3.8, 4) is 0 Å². The van der Waals surface area contributed by atoms with Crippen molar-refractivity contribution in [2.24, 2.45) is 0 Å². The van der Waals surface area contributed by atoms with Crippen molar-refractivity contribution in [2.75, 3.05) is 13.2 Å². The van der Waals surface area contributed by atoms with Crippen LogP contribution < -0.4 is 5.32 Å². The zero-order valence-electron chi connectivity index (χ0n) is 44.4. The van der Waals surface area contributed by atoms with E-state index in [0.29, 0.717) is 6.42 Å². The molecule has 1 fully saturated rings. The molecule has 0 aromatic heterocycles. The van der Waals surface area contributed by atoms with Gasteiger partial charge in [0.1, 0.15) is 24.4 Å². The van der Waals surface area contributed by atoms with Crippen LogP contribution in [-0.2, 0) is 14.3 Å². The summed E-state index contributed by atoms with van der Waals surface area (Å²) in [5, 5.41) is 54.4. The van der Waals surface area contributed by atoms with Crippen molar-refractivity contribution < 1.29 is 39.8 Å². The topological polar surface area (TPSA) is 149 Å². The van der Waals surface area contributed by atoms with Crippen molar-refractivity contribution in [2.45, 2.75) is 320 Å². The van der Waals surface area contributed by atoms with Crippen LogP contribution in [0.1, 0.15) is 277 Å². The molecule has 1 aliphatic rings. The number of rotatable bonds is 50. The summed E-state index contributed by atoms with van der Waals surface area (Å²) in [5.74, 6) is -0.187. The zero-order chi connectivity index (χ0) is 49.4. The number of aliphatic hydroxyl groups excluding tert-OH is 5. The lowest BCUT2D eigenvalue weighted by Crippen LogP contribution is -2.60. The number of ether oxygens (including phenoxy) is 2. The van der Waals surface area contributed by atoms with E-state index in [0.717, 1.165) is 51.4 Å². The Balaban J connectivity index is 2.13.